The topological polar surface area (TPSA) is 86.8 Å². The molecule has 0 radical (unpaired) electrons. The second kappa shape index (κ2) is 6.35. The van der Waals surface area contributed by atoms with Gasteiger partial charge in [-0.2, -0.15) is 5.10 Å². The van der Waals surface area contributed by atoms with Crippen molar-refractivity contribution in [2.24, 2.45) is 0 Å². The van der Waals surface area contributed by atoms with Crippen molar-refractivity contribution in [3.05, 3.63) is 71.6 Å². The predicted octanol–water partition coefficient (Wildman–Crippen LogP) is 1.71. The molecule has 7 nitrogen and oxygen atoms in total. The zero-order valence-electron chi connectivity index (χ0n) is 13.8. The number of H-pyrrole nitrogens is 1. The molecule has 3 heterocycles. The summed E-state index contributed by atoms with van der Waals surface area (Å²) in [5, 5.41) is 9.82. The highest BCUT2D eigenvalue weighted by atomic mass is 16.1. The number of fused-ring (bicyclic) bond motifs is 1. The molecule has 0 fully saturated rings. The predicted molar refractivity (Wildman–Crippen MR) is 93.3 cm³/mol. The average Bonchev–Trinajstić information content (AvgIpc) is 3.28. The van der Waals surface area contributed by atoms with Gasteiger partial charge in [-0.15, -0.1) is 0 Å². The van der Waals surface area contributed by atoms with Crippen LogP contribution in [0.5, 0.6) is 0 Å². The Balaban J connectivity index is 1.56. The standard InChI is InChI=1S/C18H18N6O/c1-24-10-15(17-21-11-22-23-17)14-7-13(4-5-16(14)24)18(25)20-9-12-3-2-6-19-8-12/h2-8,11,15H,9-10H2,1H3,(H,20,25)(H,21,22,23). The fourth-order valence-corrected chi connectivity index (χ4v) is 3.20. The van der Waals surface area contributed by atoms with Gasteiger partial charge in [0.05, 0.1) is 5.92 Å². The van der Waals surface area contributed by atoms with Gasteiger partial charge in [-0.1, -0.05) is 6.07 Å². The lowest BCUT2D eigenvalue weighted by Crippen LogP contribution is -2.23. The SMILES string of the molecule is CN1CC(c2ncn[nH]2)c2cc(C(=O)NCc3cccnc3)ccc21. The summed E-state index contributed by atoms with van der Waals surface area (Å²) < 4.78 is 0. The van der Waals surface area contributed by atoms with Crippen molar-refractivity contribution in [1.29, 1.82) is 0 Å². The normalized spacial score (nSPS) is 15.9. The van der Waals surface area contributed by atoms with E-state index in [-0.39, 0.29) is 11.8 Å². The number of carbonyl (C=O) groups excluding carboxylic acids is 1. The molecule has 25 heavy (non-hydrogen) atoms. The van der Waals surface area contributed by atoms with E-state index >= 15 is 0 Å². The summed E-state index contributed by atoms with van der Waals surface area (Å²) in [6.45, 7) is 1.26. The van der Waals surface area contributed by atoms with Crippen molar-refractivity contribution in [1.82, 2.24) is 25.5 Å². The van der Waals surface area contributed by atoms with Crippen LogP contribution in [-0.2, 0) is 6.54 Å². The van der Waals surface area contributed by atoms with E-state index in [1.54, 1.807) is 12.4 Å². The van der Waals surface area contributed by atoms with E-state index in [2.05, 4.69) is 30.4 Å². The molecule has 1 atom stereocenters. The summed E-state index contributed by atoms with van der Waals surface area (Å²) in [6, 6.07) is 9.59. The highest BCUT2D eigenvalue weighted by Crippen LogP contribution is 2.38. The van der Waals surface area contributed by atoms with Crippen LogP contribution in [0.1, 0.15) is 33.2 Å². The highest BCUT2D eigenvalue weighted by molar-refractivity contribution is 5.95. The largest absolute Gasteiger partial charge is 0.373 e. The van der Waals surface area contributed by atoms with Gasteiger partial charge in [0.25, 0.3) is 5.91 Å². The van der Waals surface area contributed by atoms with E-state index in [1.165, 1.54) is 6.33 Å². The number of hydrogen-bond acceptors (Lipinski definition) is 5. The Morgan fingerprint density at radius 2 is 2.32 bits per heavy atom. The quantitative estimate of drug-likeness (QED) is 0.758. The first kappa shape index (κ1) is 15.3. The maximum absolute atomic E-state index is 12.5. The van der Waals surface area contributed by atoms with Gasteiger partial charge in [-0.3, -0.25) is 14.9 Å². The van der Waals surface area contributed by atoms with Gasteiger partial charge in [-0.05, 0) is 35.4 Å². The van der Waals surface area contributed by atoms with Crippen molar-refractivity contribution in [2.45, 2.75) is 12.5 Å². The minimum atomic E-state index is -0.0995. The molecule has 0 spiro atoms. The van der Waals surface area contributed by atoms with Gasteiger partial charge in [0, 0.05) is 43.8 Å². The van der Waals surface area contributed by atoms with Crippen LogP contribution in [0.25, 0.3) is 0 Å². The molecule has 3 aromatic rings. The van der Waals surface area contributed by atoms with Crippen molar-refractivity contribution < 1.29 is 4.79 Å². The van der Waals surface area contributed by atoms with Crippen LogP contribution in [0.2, 0.25) is 0 Å². The van der Waals surface area contributed by atoms with Crippen molar-refractivity contribution in [2.75, 3.05) is 18.5 Å². The van der Waals surface area contributed by atoms with Crippen LogP contribution in [0.15, 0.2) is 49.1 Å². The number of benzene rings is 1. The third kappa shape index (κ3) is 2.96. The van der Waals surface area contributed by atoms with E-state index in [9.17, 15) is 4.79 Å². The van der Waals surface area contributed by atoms with Crippen LogP contribution in [0.4, 0.5) is 5.69 Å². The van der Waals surface area contributed by atoms with Crippen LogP contribution >= 0.6 is 0 Å². The molecule has 0 saturated heterocycles. The number of aromatic amines is 1. The van der Waals surface area contributed by atoms with Crippen LogP contribution in [0, 0.1) is 0 Å². The lowest BCUT2D eigenvalue weighted by atomic mass is 9.98. The third-order valence-electron chi connectivity index (χ3n) is 4.47. The van der Waals surface area contributed by atoms with E-state index in [4.69, 9.17) is 0 Å². The molecule has 1 aromatic carbocycles. The molecule has 4 rings (SSSR count). The number of nitrogens with one attached hydrogen (secondary N) is 2. The Kier molecular flexibility index (Phi) is 3.89. The highest BCUT2D eigenvalue weighted by Gasteiger charge is 2.30. The smallest absolute Gasteiger partial charge is 0.251 e. The Morgan fingerprint density at radius 3 is 3.08 bits per heavy atom. The molecule has 2 N–H and O–H groups in total. The number of anilines is 1. The second-order valence-electron chi connectivity index (χ2n) is 6.12. The molecule has 0 bridgehead atoms. The van der Waals surface area contributed by atoms with Gasteiger partial charge in [0.2, 0.25) is 0 Å². The summed E-state index contributed by atoms with van der Waals surface area (Å²) in [5.74, 6) is 0.810. The van der Waals surface area contributed by atoms with Crippen molar-refractivity contribution >= 4 is 11.6 Å². The van der Waals surface area contributed by atoms with Crippen LogP contribution in [-0.4, -0.2) is 39.7 Å². The minimum absolute atomic E-state index is 0.0913. The van der Waals surface area contributed by atoms with E-state index < -0.39 is 0 Å². The molecule has 7 heteroatoms. The van der Waals surface area contributed by atoms with Crippen LogP contribution < -0.4 is 10.2 Å². The molecule has 1 aliphatic heterocycles. The van der Waals surface area contributed by atoms with E-state index in [0.29, 0.717) is 12.1 Å². The monoisotopic (exact) mass is 334 g/mol. The maximum Gasteiger partial charge on any atom is 0.251 e. The summed E-state index contributed by atoms with van der Waals surface area (Å²) in [5.41, 5.74) is 3.82. The summed E-state index contributed by atoms with van der Waals surface area (Å²) in [7, 11) is 2.04. The molecule has 0 aliphatic carbocycles. The Bertz CT molecular complexity index is 878. The first-order valence-electron chi connectivity index (χ1n) is 8.10. The molecule has 1 aliphatic rings. The van der Waals surface area contributed by atoms with Gasteiger partial charge >= 0.3 is 0 Å². The molecular weight excluding hydrogens is 316 g/mol. The summed E-state index contributed by atoms with van der Waals surface area (Å²) in [4.78, 5) is 23.0. The first-order chi connectivity index (χ1) is 12.2. The number of nitrogens with zero attached hydrogens (tertiary/aromatic N) is 4. The zero-order valence-corrected chi connectivity index (χ0v) is 13.8. The minimum Gasteiger partial charge on any atom is -0.373 e. The number of rotatable bonds is 4. The van der Waals surface area contributed by atoms with E-state index in [0.717, 1.165) is 29.2 Å². The Morgan fingerprint density at radius 1 is 1.40 bits per heavy atom. The summed E-state index contributed by atoms with van der Waals surface area (Å²) >= 11 is 0. The van der Waals surface area contributed by atoms with Gasteiger partial charge < -0.3 is 10.2 Å². The number of amides is 1. The number of aromatic nitrogens is 4. The molecule has 2 aromatic heterocycles. The van der Waals surface area contributed by atoms with Gasteiger partial charge in [0.15, 0.2) is 0 Å². The number of hydrogen-bond donors (Lipinski definition) is 2. The molecule has 1 unspecified atom stereocenters. The first-order valence-corrected chi connectivity index (χ1v) is 8.10. The molecule has 1 amide bonds. The zero-order chi connectivity index (χ0) is 17.2. The Hall–Kier alpha value is -3.22. The number of carbonyl (C=O) groups is 1. The Labute approximate surface area is 145 Å². The van der Waals surface area contributed by atoms with Gasteiger partial charge in [-0.25, -0.2) is 4.98 Å². The van der Waals surface area contributed by atoms with E-state index in [1.807, 2.05) is 37.4 Å². The average molecular weight is 334 g/mol. The fraction of sp³-hybridized carbons (Fsp3) is 0.222. The lowest BCUT2D eigenvalue weighted by molar-refractivity contribution is 0.0951. The fourth-order valence-electron chi connectivity index (χ4n) is 3.20. The maximum atomic E-state index is 12.5. The summed E-state index contributed by atoms with van der Waals surface area (Å²) in [6.07, 6.45) is 4.97. The lowest BCUT2D eigenvalue weighted by Gasteiger charge is -2.12. The molecule has 0 saturated carbocycles. The van der Waals surface area contributed by atoms with Crippen LogP contribution in [0.3, 0.4) is 0 Å². The second-order valence-corrected chi connectivity index (χ2v) is 6.12. The number of likely N-dealkylation sites (N-methyl/N-ethyl adjacent to an activating group) is 1. The van der Waals surface area contributed by atoms with Gasteiger partial charge in [0.1, 0.15) is 12.2 Å². The van der Waals surface area contributed by atoms with Crippen molar-refractivity contribution in [3.63, 3.8) is 0 Å². The third-order valence-corrected chi connectivity index (χ3v) is 4.47. The molecule has 126 valence electrons. The van der Waals surface area contributed by atoms with Crippen molar-refractivity contribution in [3.8, 4) is 0 Å². The molecular formula is C18H18N6O. The number of pyridine rings is 1.